The summed E-state index contributed by atoms with van der Waals surface area (Å²) in [6.07, 6.45) is -2.13. The normalized spacial score (nSPS) is 13.2. The maximum atomic E-state index is 13.0. The molecule has 0 spiro atoms. The van der Waals surface area contributed by atoms with Gasteiger partial charge in [0.1, 0.15) is 11.0 Å². The fraction of sp³-hybridized carbons (Fsp3) is 0.455. The van der Waals surface area contributed by atoms with Crippen molar-refractivity contribution in [3.05, 3.63) is 67.6 Å². The standard InChI is InChI=1S/C22H23ClF3N7O2/c1-2-3-8-31-19-16(13-17(23)27-19)20(34)32(21(31)35)9-5-10-33-29-18(28-30-33)12-14-6-4-7-15(11-14)22(24,25)26/h4,6-7,11H,2-3,5,8-10,12-13H2,1H3. The summed E-state index contributed by atoms with van der Waals surface area (Å²) in [4.78, 5) is 31.4. The monoisotopic (exact) mass is 509 g/mol. The molecule has 1 aliphatic rings. The van der Waals surface area contributed by atoms with E-state index < -0.39 is 23.0 Å². The Hall–Kier alpha value is -3.28. The lowest BCUT2D eigenvalue weighted by Gasteiger charge is -2.13. The van der Waals surface area contributed by atoms with E-state index in [9.17, 15) is 22.8 Å². The minimum absolute atomic E-state index is 0.0943. The first-order valence-electron chi connectivity index (χ1n) is 11.2. The molecule has 0 unspecified atom stereocenters. The number of benzene rings is 1. The summed E-state index contributed by atoms with van der Waals surface area (Å²) in [5.74, 6) is 0.611. The molecule has 0 aliphatic carbocycles. The molecule has 0 saturated carbocycles. The number of alkyl halides is 3. The Kier molecular flexibility index (Phi) is 7.20. The second-order valence-electron chi connectivity index (χ2n) is 8.24. The number of halogens is 4. The Morgan fingerprint density at radius 1 is 1.09 bits per heavy atom. The third kappa shape index (κ3) is 5.53. The third-order valence-corrected chi connectivity index (χ3v) is 5.84. The summed E-state index contributed by atoms with van der Waals surface area (Å²) in [6.45, 7) is 2.85. The summed E-state index contributed by atoms with van der Waals surface area (Å²) in [6, 6.07) is 4.96. The summed E-state index contributed by atoms with van der Waals surface area (Å²) in [5, 5.41) is 12.3. The Bertz CT molecular complexity index is 1370. The van der Waals surface area contributed by atoms with Gasteiger partial charge in [0.05, 0.1) is 17.7 Å². The predicted molar refractivity (Wildman–Crippen MR) is 123 cm³/mol. The number of hydrogen-bond donors (Lipinski definition) is 0. The van der Waals surface area contributed by atoms with E-state index in [1.807, 2.05) is 6.92 Å². The van der Waals surface area contributed by atoms with Crippen LogP contribution in [0.4, 0.5) is 19.0 Å². The molecule has 0 atom stereocenters. The highest BCUT2D eigenvalue weighted by Crippen LogP contribution is 2.29. The van der Waals surface area contributed by atoms with Gasteiger partial charge in [-0.2, -0.15) is 18.0 Å². The number of aryl methyl sites for hydroxylation is 1. The van der Waals surface area contributed by atoms with Crippen molar-refractivity contribution in [3.63, 3.8) is 0 Å². The van der Waals surface area contributed by atoms with Gasteiger partial charge in [0.25, 0.3) is 5.56 Å². The molecule has 186 valence electrons. The van der Waals surface area contributed by atoms with Gasteiger partial charge in [-0.3, -0.25) is 13.9 Å². The lowest BCUT2D eigenvalue weighted by molar-refractivity contribution is -0.137. The molecular formula is C22H23ClF3N7O2. The van der Waals surface area contributed by atoms with Crippen molar-refractivity contribution >= 4 is 22.6 Å². The summed E-state index contributed by atoms with van der Waals surface area (Å²) in [5.41, 5.74) is -0.757. The first-order valence-corrected chi connectivity index (χ1v) is 11.6. The molecular weight excluding hydrogens is 487 g/mol. The van der Waals surface area contributed by atoms with E-state index >= 15 is 0 Å². The first kappa shape index (κ1) is 24.8. The van der Waals surface area contributed by atoms with Crippen molar-refractivity contribution in [3.8, 4) is 0 Å². The molecule has 0 saturated heterocycles. The van der Waals surface area contributed by atoms with Crippen LogP contribution in [-0.2, 0) is 38.7 Å². The Labute approximate surface area is 202 Å². The number of unbranched alkanes of at least 4 members (excludes halogenated alkanes) is 1. The number of tetrazole rings is 1. The molecule has 0 bridgehead atoms. The Balaban J connectivity index is 1.44. The first-order chi connectivity index (χ1) is 16.7. The van der Waals surface area contributed by atoms with Crippen LogP contribution >= 0.6 is 11.6 Å². The minimum atomic E-state index is -4.43. The van der Waals surface area contributed by atoms with Crippen LogP contribution < -0.4 is 11.2 Å². The van der Waals surface area contributed by atoms with Crippen molar-refractivity contribution in [1.29, 1.82) is 0 Å². The van der Waals surface area contributed by atoms with Gasteiger partial charge in [-0.15, -0.1) is 10.2 Å². The highest BCUT2D eigenvalue weighted by molar-refractivity contribution is 6.66. The maximum Gasteiger partial charge on any atom is 0.416 e. The van der Waals surface area contributed by atoms with Gasteiger partial charge in [0.15, 0.2) is 5.82 Å². The summed E-state index contributed by atoms with van der Waals surface area (Å²) >= 11 is 6.04. The van der Waals surface area contributed by atoms with E-state index in [2.05, 4.69) is 20.4 Å². The molecule has 3 heterocycles. The molecule has 3 aromatic rings. The molecule has 1 aliphatic heterocycles. The van der Waals surface area contributed by atoms with E-state index in [1.165, 1.54) is 20.0 Å². The quantitative estimate of drug-likeness (QED) is 0.440. The molecule has 13 heteroatoms. The highest BCUT2D eigenvalue weighted by Gasteiger charge is 2.30. The highest BCUT2D eigenvalue weighted by atomic mass is 35.5. The molecule has 2 aromatic heterocycles. The molecule has 35 heavy (non-hydrogen) atoms. The van der Waals surface area contributed by atoms with E-state index in [0.717, 1.165) is 25.0 Å². The van der Waals surface area contributed by atoms with Gasteiger partial charge in [0.2, 0.25) is 0 Å². The zero-order valence-electron chi connectivity index (χ0n) is 18.9. The van der Waals surface area contributed by atoms with Crippen LogP contribution in [-0.4, -0.2) is 34.5 Å². The second kappa shape index (κ2) is 10.1. The lowest BCUT2D eigenvalue weighted by atomic mass is 10.1. The van der Waals surface area contributed by atoms with Crippen LogP contribution in [0.3, 0.4) is 0 Å². The van der Waals surface area contributed by atoms with E-state index in [4.69, 9.17) is 11.6 Å². The zero-order valence-corrected chi connectivity index (χ0v) is 19.7. The van der Waals surface area contributed by atoms with Crippen molar-refractivity contribution in [2.45, 2.75) is 64.8 Å². The zero-order chi connectivity index (χ0) is 25.2. The lowest BCUT2D eigenvalue weighted by Crippen LogP contribution is -2.41. The van der Waals surface area contributed by atoms with Crippen LogP contribution in [0, 0.1) is 0 Å². The largest absolute Gasteiger partial charge is 0.416 e. The number of fused-ring (bicyclic) bond motifs is 1. The van der Waals surface area contributed by atoms with E-state index in [1.54, 1.807) is 6.07 Å². The van der Waals surface area contributed by atoms with Gasteiger partial charge >= 0.3 is 11.9 Å². The number of rotatable bonds is 9. The fourth-order valence-electron chi connectivity index (χ4n) is 3.89. The third-order valence-electron chi connectivity index (χ3n) is 5.63. The fourth-order valence-corrected chi connectivity index (χ4v) is 4.11. The summed E-state index contributed by atoms with van der Waals surface area (Å²) < 4.78 is 41.4. The second-order valence-corrected chi connectivity index (χ2v) is 8.68. The van der Waals surface area contributed by atoms with Crippen molar-refractivity contribution < 1.29 is 13.2 Å². The van der Waals surface area contributed by atoms with Crippen LogP contribution in [0.1, 0.15) is 48.7 Å². The molecule has 0 radical (unpaired) electrons. The SMILES string of the molecule is CCCCn1c2c(c(=O)n(CCCn3nnc(Cc4cccc(C(F)(F)F)c4)n3)c1=O)CC(Cl)=N2. The van der Waals surface area contributed by atoms with Crippen LogP contribution in [0.2, 0.25) is 0 Å². The van der Waals surface area contributed by atoms with Crippen LogP contribution in [0.15, 0.2) is 38.8 Å². The smallest absolute Gasteiger partial charge is 0.278 e. The van der Waals surface area contributed by atoms with Crippen LogP contribution in [0.25, 0.3) is 0 Å². The molecule has 0 N–H and O–H groups in total. The summed E-state index contributed by atoms with van der Waals surface area (Å²) in [7, 11) is 0. The predicted octanol–water partition coefficient (Wildman–Crippen LogP) is 3.32. The van der Waals surface area contributed by atoms with Crippen LogP contribution in [0.5, 0.6) is 0 Å². The van der Waals surface area contributed by atoms with E-state index in [0.29, 0.717) is 29.9 Å². The molecule has 4 rings (SSSR count). The molecule has 1 aromatic carbocycles. The molecule has 0 fully saturated rings. The van der Waals surface area contributed by atoms with Gasteiger partial charge in [-0.1, -0.05) is 43.1 Å². The number of nitrogens with zero attached hydrogens (tertiary/aromatic N) is 7. The maximum absolute atomic E-state index is 13.0. The van der Waals surface area contributed by atoms with Gasteiger partial charge in [0, 0.05) is 25.9 Å². The van der Waals surface area contributed by atoms with Crippen molar-refractivity contribution in [2.24, 2.45) is 4.99 Å². The van der Waals surface area contributed by atoms with Gasteiger partial charge < -0.3 is 0 Å². The Morgan fingerprint density at radius 3 is 2.60 bits per heavy atom. The average Bonchev–Trinajstić information content (AvgIpc) is 3.42. The molecule has 0 amide bonds. The minimum Gasteiger partial charge on any atom is -0.278 e. The number of hydrogen-bond acceptors (Lipinski definition) is 6. The Morgan fingerprint density at radius 2 is 1.86 bits per heavy atom. The number of aliphatic imine (C=N–C) groups is 1. The van der Waals surface area contributed by atoms with Gasteiger partial charge in [-0.25, -0.2) is 9.79 Å². The molecule has 9 nitrogen and oxygen atoms in total. The average molecular weight is 510 g/mol. The van der Waals surface area contributed by atoms with Gasteiger partial charge in [-0.05, 0) is 29.7 Å². The van der Waals surface area contributed by atoms with Crippen molar-refractivity contribution in [1.82, 2.24) is 29.3 Å². The van der Waals surface area contributed by atoms with Crippen molar-refractivity contribution in [2.75, 3.05) is 0 Å². The van der Waals surface area contributed by atoms with E-state index in [-0.39, 0.29) is 36.9 Å². The number of aromatic nitrogens is 6. The topological polar surface area (TPSA) is 100.0 Å².